The van der Waals surface area contributed by atoms with Gasteiger partial charge in [-0.05, 0) is 13.8 Å². The van der Waals surface area contributed by atoms with Crippen LogP contribution in [0.5, 0.6) is 0 Å². The van der Waals surface area contributed by atoms with Crippen molar-refractivity contribution in [3.8, 4) is 0 Å². The smallest absolute Gasteiger partial charge is 0.167 e. The molecule has 0 radical (unpaired) electrons. The zero-order valence-corrected chi connectivity index (χ0v) is 5.57. The molecule has 1 heterocycles. The second-order valence-electron chi connectivity index (χ2n) is 2.20. The maximum absolute atomic E-state index is 9.05. The van der Waals surface area contributed by atoms with Crippen LogP contribution in [0, 0.1) is 0 Å². The van der Waals surface area contributed by atoms with Gasteiger partial charge in [0.25, 0.3) is 0 Å². The average Bonchev–Trinajstić information content (AvgIpc) is 1.80. The summed E-state index contributed by atoms with van der Waals surface area (Å²) in [6.07, 6.45) is 1.05. The third-order valence-corrected chi connectivity index (χ3v) is 1.26. The summed E-state index contributed by atoms with van der Waals surface area (Å²) in [5.41, 5.74) is 0.792. The van der Waals surface area contributed by atoms with E-state index in [0.717, 1.165) is 5.71 Å². The summed E-state index contributed by atoms with van der Waals surface area (Å²) in [5, 5.41) is 9.05. The Kier molecular flexibility index (Phi) is 1.62. The summed E-state index contributed by atoms with van der Waals surface area (Å²) in [6, 6.07) is -0.0753. The summed E-state index contributed by atoms with van der Waals surface area (Å²) in [4.78, 5) is 7.87. The Bertz CT molecular complexity index is 162. The first-order chi connectivity index (χ1) is 4.20. The van der Waals surface area contributed by atoms with Gasteiger partial charge in [0.05, 0.1) is 11.8 Å². The van der Waals surface area contributed by atoms with Gasteiger partial charge in [-0.2, -0.15) is 0 Å². The third-order valence-electron chi connectivity index (χ3n) is 1.26. The summed E-state index contributed by atoms with van der Waals surface area (Å²) in [6.45, 7) is 3.65. The highest BCUT2D eigenvalue weighted by atomic mass is 16.3. The lowest BCUT2D eigenvalue weighted by Gasteiger charge is -2.14. The maximum atomic E-state index is 9.05. The van der Waals surface area contributed by atoms with Crippen LogP contribution in [0.3, 0.4) is 0 Å². The first-order valence-electron chi connectivity index (χ1n) is 2.96. The van der Waals surface area contributed by atoms with E-state index in [4.69, 9.17) is 5.11 Å². The highest BCUT2D eigenvalue weighted by Gasteiger charge is 2.13. The number of hydrogen-bond donors (Lipinski definition) is 1. The van der Waals surface area contributed by atoms with Crippen LogP contribution in [0.4, 0.5) is 0 Å². The van der Waals surface area contributed by atoms with Crippen LogP contribution in [-0.4, -0.2) is 29.3 Å². The van der Waals surface area contributed by atoms with E-state index in [1.54, 1.807) is 6.21 Å². The van der Waals surface area contributed by atoms with Crippen LogP contribution in [0.2, 0.25) is 0 Å². The number of aliphatic hydroxyl groups is 1. The minimum Gasteiger partial charge on any atom is -0.370 e. The van der Waals surface area contributed by atoms with E-state index < -0.39 is 6.23 Å². The quantitative estimate of drug-likeness (QED) is 0.496. The predicted octanol–water partition coefficient (Wildman–Crippen LogP) is 0.239. The molecule has 0 bridgehead atoms. The molecule has 0 aromatic carbocycles. The normalized spacial score (nSPS) is 34.3. The van der Waals surface area contributed by atoms with Gasteiger partial charge in [-0.25, -0.2) is 0 Å². The van der Waals surface area contributed by atoms with Gasteiger partial charge in [0.2, 0.25) is 0 Å². The molecule has 1 N–H and O–H groups in total. The molecule has 0 saturated carbocycles. The first kappa shape index (κ1) is 6.42. The first-order valence-corrected chi connectivity index (χ1v) is 2.96. The van der Waals surface area contributed by atoms with Gasteiger partial charge in [0.15, 0.2) is 6.23 Å². The van der Waals surface area contributed by atoms with E-state index >= 15 is 0 Å². The molecule has 0 aliphatic carbocycles. The molecule has 0 saturated heterocycles. The number of aliphatic imine (C=N–C) groups is 2. The summed E-state index contributed by atoms with van der Waals surface area (Å²) < 4.78 is 0. The van der Waals surface area contributed by atoms with Crippen molar-refractivity contribution in [2.24, 2.45) is 9.98 Å². The van der Waals surface area contributed by atoms with Gasteiger partial charge in [0.1, 0.15) is 0 Å². The monoisotopic (exact) mass is 126 g/mol. The van der Waals surface area contributed by atoms with Crippen LogP contribution in [0.15, 0.2) is 9.98 Å². The minimum absolute atomic E-state index is 0.0753. The molecule has 2 atom stereocenters. The molecule has 0 fully saturated rings. The van der Waals surface area contributed by atoms with Gasteiger partial charge >= 0.3 is 0 Å². The predicted molar refractivity (Wildman–Crippen MR) is 37.1 cm³/mol. The van der Waals surface area contributed by atoms with Crippen molar-refractivity contribution >= 4 is 11.9 Å². The molecular formula is C6H10N2O. The molecule has 1 unspecified atom stereocenters. The summed E-state index contributed by atoms with van der Waals surface area (Å²) in [5.74, 6) is 0. The lowest BCUT2D eigenvalue weighted by atomic mass is 10.2. The highest BCUT2D eigenvalue weighted by Crippen LogP contribution is 2.03. The van der Waals surface area contributed by atoms with Crippen LogP contribution >= 0.6 is 0 Å². The molecule has 1 rings (SSSR count). The lowest BCUT2D eigenvalue weighted by Crippen LogP contribution is -2.24. The molecule has 3 nitrogen and oxygen atoms in total. The van der Waals surface area contributed by atoms with Crippen molar-refractivity contribution in [3.05, 3.63) is 0 Å². The van der Waals surface area contributed by atoms with E-state index in [0.29, 0.717) is 0 Å². The second kappa shape index (κ2) is 2.27. The van der Waals surface area contributed by atoms with Crippen molar-refractivity contribution in [3.63, 3.8) is 0 Å². The van der Waals surface area contributed by atoms with Gasteiger partial charge < -0.3 is 5.11 Å². The molecule has 1 aliphatic rings. The molecule has 0 amide bonds. The van der Waals surface area contributed by atoms with E-state index in [9.17, 15) is 0 Å². The zero-order valence-electron chi connectivity index (χ0n) is 5.57. The van der Waals surface area contributed by atoms with Crippen molar-refractivity contribution in [1.82, 2.24) is 0 Å². The zero-order chi connectivity index (χ0) is 6.85. The van der Waals surface area contributed by atoms with Crippen molar-refractivity contribution in [2.75, 3.05) is 0 Å². The molecule has 0 aromatic rings. The highest BCUT2D eigenvalue weighted by molar-refractivity contribution is 6.29. The van der Waals surface area contributed by atoms with Gasteiger partial charge in [-0.1, -0.05) is 0 Å². The van der Waals surface area contributed by atoms with Crippen LogP contribution < -0.4 is 0 Å². The molecule has 9 heavy (non-hydrogen) atoms. The number of aliphatic hydroxyl groups excluding tert-OH is 1. The molecule has 0 aromatic heterocycles. The van der Waals surface area contributed by atoms with Crippen LogP contribution in [-0.2, 0) is 0 Å². The average molecular weight is 126 g/mol. The molecule has 3 heteroatoms. The molecule has 0 spiro atoms. The Morgan fingerprint density at radius 2 is 2.33 bits per heavy atom. The van der Waals surface area contributed by atoms with E-state index in [1.165, 1.54) is 0 Å². The largest absolute Gasteiger partial charge is 0.370 e. The number of rotatable bonds is 0. The topological polar surface area (TPSA) is 45.0 Å². The molecule has 1 aliphatic heterocycles. The summed E-state index contributed by atoms with van der Waals surface area (Å²) in [7, 11) is 0. The minimum atomic E-state index is -0.630. The fourth-order valence-electron chi connectivity index (χ4n) is 0.652. The second-order valence-corrected chi connectivity index (χ2v) is 2.20. The van der Waals surface area contributed by atoms with Crippen LogP contribution in [0.1, 0.15) is 13.8 Å². The fraction of sp³-hybridized carbons (Fsp3) is 0.667. The molecular weight excluding hydrogens is 116 g/mol. The Morgan fingerprint density at radius 1 is 1.67 bits per heavy atom. The number of hydrogen-bond acceptors (Lipinski definition) is 3. The maximum Gasteiger partial charge on any atom is 0.167 e. The van der Waals surface area contributed by atoms with E-state index in [-0.39, 0.29) is 6.04 Å². The van der Waals surface area contributed by atoms with Crippen molar-refractivity contribution < 1.29 is 5.11 Å². The van der Waals surface area contributed by atoms with Crippen molar-refractivity contribution in [1.29, 1.82) is 0 Å². The Hall–Kier alpha value is -0.700. The summed E-state index contributed by atoms with van der Waals surface area (Å²) >= 11 is 0. The van der Waals surface area contributed by atoms with E-state index in [1.807, 2.05) is 13.8 Å². The fourth-order valence-corrected chi connectivity index (χ4v) is 0.652. The SMILES string of the molecule is CC1=NC(O)[C@H](C)N=C1. The molecule has 50 valence electrons. The van der Waals surface area contributed by atoms with Crippen molar-refractivity contribution in [2.45, 2.75) is 26.1 Å². The van der Waals surface area contributed by atoms with Crippen LogP contribution in [0.25, 0.3) is 0 Å². The lowest BCUT2D eigenvalue weighted by molar-refractivity contribution is 0.160. The van der Waals surface area contributed by atoms with Gasteiger partial charge in [-0.15, -0.1) is 0 Å². The Morgan fingerprint density at radius 3 is 2.78 bits per heavy atom. The van der Waals surface area contributed by atoms with Gasteiger partial charge in [0, 0.05) is 6.21 Å². The Labute approximate surface area is 54.1 Å². The van der Waals surface area contributed by atoms with E-state index in [2.05, 4.69) is 9.98 Å². The standard InChI is InChI=1S/C6H10N2O/c1-4-3-7-5(2)6(9)8-4/h3,5-6,9H,1-2H3/t5-,6?/m0/s1. The van der Waals surface area contributed by atoms with Gasteiger partial charge in [-0.3, -0.25) is 9.98 Å². The Balaban J connectivity index is 2.70. The number of nitrogens with zero attached hydrogens (tertiary/aromatic N) is 2. The third kappa shape index (κ3) is 1.36.